The van der Waals surface area contributed by atoms with E-state index in [-0.39, 0.29) is 5.69 Å². The molecule has 5 nitrogen and oxygen atoms in total. The van der Waals surface area contributed by atoms with E-state index < -0.39 is 22.8 Å². The molecule has 1 aliphatic heterocycles. The summed E-state index contributed by atoms with van der Waals surface area (Å²) in [5, 5.41) is 4.40. The molecular weight excluding hydrogens is 361 g/mol. The monoisotopic (exact) mass is 372 g/mol. The number of urea groups is 1. The summed E-state index contributed by atoms with van der Waals surface area (Å²) in [5.74, 6) is 1.04. The van der Waals surface area contributed by atoms with Gasteiger partial charge in [-0.15, -0.1) is 0 Å². The fourth-order valence-electron chi connectivity index (χ4n) is 2.23. The normalized spacial score (nSPS) is 13.3. The van der Waals surface area contributed by atoms with Crippen molar-refractivity contribution in [1.82, 2.24) is 0 Å². The number of halogens is 4. The van der Waals surface area contributed by atoms with Crippen molar-refractivity contribution in [3.05, 3.63) is 47.0 Å². The van der Waals surface area contributed by atoms with Crippen molar-refractivity contribution >= 4 is 29.0 Å². The molecule has 0 atom stereocenters. The van der Waals surface area contributed by atoms with Crippen LogP contribution in [0.2, 0.25) is 5.02 Å². The van der Waals surface area contributed by atoms with Gasteiger partial charge in [-0.05, 0) is 30.3 Å². The fourth-order valence-corrected chi connectivity index (χ4v) is 2.46. The molecule has 0 fully saturated rings. The molecule has 1 aliphatic rings. The number of alkyl halides is 3. The van der Waals surface area contributed by atoms with Gasteiger partial charge in [-0.3, -0.25) is 0 Å². The molecule has 0 saturated carbocycles. The van der Waals surface area contributed by atoms with Crippen LogP contribution in [-0.4, -0.2) is 19.2 Å². The van der Waals surface area contributed by atoms with E-state index in [1.54, 1.807) is 18.2 Å². The first-order valence-corrected chi connectivity index (χ1v) is 7.55. The van der Waals surface area contributed by atoms with Gasteiger partial charge in [0.15, 0.2) is 11.5 Å². The van der Waals surface area contributed by atoms with Crippen molar-refractivity contribution in [3.63, 3.8) is 0 Å². The van der Waals surface area contributed by atoms with Gasteiger partial charge >= 0.3 is 12.2 Å². The van der Waals surface area contributed by atoms with E-state index in [1.807, 2.05) is 0 Å². The summed E-state index contributed by atoms with van der Waals surface area (Å²) in [7, 11) is 0. The highest BCUT2D eigenvalue weighted by Crippen LogP contribution is 2.36. The Morgan fingerprint density at radius 1 is 0.960 bits per heavy atom. The van der Waals surface area contributed by atoms with Gasteiger partial charge in [-0.25, -0.2) is 4.79 Å². The van der Waals surface area contributed by atoms with Crippen molar-refractivity contribution < 1.29 is 27.4 Å². The molecule has 0 aromatic heterocycles. The maximum atomic E-state index is 12.8. The third-order valence-corrected chi connectivity index (χ3v) is 3.66. The zero-order valence-electron chi connectivity index (χ0n) is 12.6. The highest BCUT2D eigenvalue weighted by molar-refractivity contribution is 6.31. The maximum Gasteiger partial charge on any atom is 0.417 e. The Morgan fingerprint density at radius 2 is 1.56 bits per heavy atom. The van der Waals surface area contributed by atoms with Crippen LogP contribution in [0, 0.1) is 0 Å². The van der Waals surface area contributed by atoms with Crippen LogP contribution >= 0.6 is 11.6 Å². The molecule has 0 unspecified atom stereocenters. The number of carbonyl (C=O) groups excluding carboxylic acids is 1. The lowest BCUT2D eigenvalue weighted by atomic mass is 10.2. The third-order valence-electron chi connectivity index (χ3n) is 3.33. The Balaban J connectivity index is 1.71. The Bertz CT molecular complexity index is 812. The zero-order chi connectivity index (χ0) is 18.0. The van der Waals surface area contributed by atoms with E-state index in [2.05, 4.69) is 10.6 Å². The number of nitrogens with one attached hydrogen (secondary N) is 2. The van der Waals surface area contributed by atoms with Crippen LogP contribution in [0.5, 0.6) is 11.5 Å². The number of ether oxygens (including phenoxy) is 2. The minimum atomic E-state index is -4.61. The van der Waals surface area contributed by atoms with Gasteiger partial charge in [0.1, 0.15) is 13.2 Å². The molecule has 0 radical (unpaired) electrons. The van der Waals surface area contributed by atoms with Crippen LogP contribution in [0.3, 0.4) is 0 Å². The van der Waals surface area contributed by atoms with Crippen LogP contribution in [0.1, 0.15) is 5.56 Å². The van der Waals surface area contributed by atoms with Crippen molar-refractivity contribution in [3.8, 4) is 11.5 Å². The minimum absolute atomic E-state index is 0.0354. The molecule has 2 amide bonds. The summed E-state index contributed by atoms with van der Waals surface area (Å²) >= 11 is 5.54. The van der Waals surface area contributed by atoms with Gasteiger partial charge in [-0.2, -0.15) is 13.2 Å². The topological polar surface area (TPSA) is 59.6 Å². The van der Waals surface area contributed by atoms with Gasteiger partial charge in [0.25, 0.3) is 0 Å². The predicted octanol–water partition coefficient (Wildman–Crippen LogP) is 4.77. The largest absolute Gasteiger partial charge is 0.486 e. The summed E-state index contributed by atoms with van der Waals surface area (Å²) in [4.78, 5) is 12.0. The first-order chi connectivity index (χ1) is 11.8. The molecule has 0 saturated heterocycles. The average molecular weight is 373 g/mol. The number of hydrogen-bond acceptors (Lipinski definition) is 3. The summed E-state index contributed by atoms with van der Waals surface area (Å²) in [6.45, 7) is 0.839. The molecule has 0 bridgehead atoms. The summed E-state index contributed by atoms with van der Waals surface area (Å²) in [5.41, 5.74) is -0.648. The lowest BCUT2D eigenvalue weighted by Crippen LogP contribution is -2.20. The van der Waals surface area contributed by atoms with Crippen molar-refractivity contribution in [2.45, 2.75) is 6.18 Å². The van der Waals surface area contributed by atoms with E-state index in [4.69, 9.17) is 21.1 Å². The quantitative estimate of drug-likeness (QED) is 0.798. The predicted molar refractivity (Wildman–Crippen MR) is 86.5 cm³/mol. The molecule has 1 heterocycles. The van der Waals surface area contributed by atoms with Crippen LogP contribution in [-0.2, 0) is 6.18 Å². The standard InChI is InChI=1S/C16H12ClF3N2O3/c17-12-3-1-9(7-11(12)16(18,19)20)21-15(23)22-10-2-4-13-14(8-10)25-6-5-24-13/h1-4,7-8H,5-6H2,(H2,21,22,23). The number of benzene rings is 2. The number of fused-ring (bicyclic) bond motifs is 1. The second-order valence-corrected chi connectivity index (χ2v) is 5.54. The van der Waals surface area contributed by atoms with Crippen LogP contribution in [0.25, 0.3) is 0 Å². The molecular formula is C16H12ClF3N2O3. The molecule has 25 heavy (non-hydrogen) atoms. The van der Waals surface area contributed by atoms with E-state index >= 15 is 0 Å². The van der Waals surface area contributed by atoms with Crippen LogP contribution in [0.4, 0.5) is 29.3 Å². The fraction of sp³-hybridized carbons (Fsp3) is 0.188. The second-order valence-electron chi connectivity index (χ2n) is 5.13. The van der Waals surface area contributed by atoms with Crippen molar-refractivity contribution in [2.75, 3.05) is 23.8 Å². The Hall–Kier alpha value is -2.61. The van der Waals surface area contributed by atoms with Crippen LogP contribution < -0.4 is 20.1 Å². The SMILES string of the molecule is O=C(Nc1ccc2c(c1)OCCO2)Nc1ccc(Cl)c(C(F)(F)F)c1. The maximum absolute atomic E-state index is 12.8. The zero-order valence-corrected chi connectivity index (χ0v) is 13.4. The highest BCUT2D eigenvalue weighted by Gasteiger charge is 2.33. The summed E-state index contributed by atoms with van der Waals surface area (Å²) < 4.78 is 49.3. The average Bonchev–Trinajstić information content (AvgIpc) is 2.55. The molecule has 9 heteroatoms. The van der Waals surface area contributed by atoms with Gasteiger partial charge in [-0.1, -0.05) is 11.6 Å². The molecule has 2 aromatic rings. The second kappa shape index (κ2) is 6.72. The smallest absolute Gasteiger partial charge is 0.417 e. The molecule has 3 rings (SSSR count). The summed E-state index contributed by atoms with van der Waals surface area (Å²) in [6.07, 6.45) is -4.61. The first kappa shape index (κ1) is 17.2. The lowest BCUT2D eigenvalue weighted by molar-refractivity contribution is -0.137. The third kappa shape index (κ3) is 4.08. The Labute approximate surface area is 145 Å². The van der Waals surface area contributed by atoms with E-state index in [0.29, 0.717) is 30.4 Å². The minimum Gasteiger partial charge on any atom is -0.486 e. The number of anilines is 2. The van der Waals surface area contributed by atoms with Crippen molar-refractivity contribution in [2.24, 2.45) is 0 Å². The van der Waals surface area contributed by atoms with E-state index in [9.17, 15) is 18.0 Å². The van der Waals surface area contributed by atoms with Crippen molar-refractivity contribution in [1.29, 1.82) is 0 Å². The van der Waals surface area contributed by atoms with Gasteiger partial charge in [0.05, 0.1) is 10.6 Å². The first-order valence-electron chi connectivity index (χ1n) is 7.17. The Morgan fingerprint density at radius 3 is 2.24 bits per heavy atom. The van der Waals surface area contributed by atoms with E-state index in [0.717, 1.165) is 12.1 Å². The number of hydrogen-bond donors (Lipinski definition) is 2. The molecule has 0 spiro atoms. The summed E-state index contributed by atoms with van der Waals surface area (Å²) in [6, 6.07) is 7.21. The lowest BCUT2D eigenvalue weighted by Gasteiger charge is -2.19. The Kier molecular flexibility index (Phi) is 4.63. The number of rotatable bonds is 2. The number of carbonyl (C=O) groups is 1. The molecule has 132 valence electrons. The van der Waals surface area contributed by atoms with Gasteiger partial charge < -0.3 is 20.1 Å². The molecule has 2 N–H and O–H groups in total. The van der Waals surface area contributed by atoms with Gasteiger partial charge in [0.2, 0.25) is 0 Å². The van der Waals surface area contributed by atoms with Gasteiger partial charge in [0, 0.05) is 17.4 Å². The van der Waals surface area contributed by atoms with E-state index in [1.165, 1.54) is 6.07 Å². The highest BCUT2D eigenvalue weighted by atomic mass is 35.5. The van der Waals surface area contributed by atoms with Crippen LogP contribution in [0.15, 0.2) is 36.4 Å². The number of amides is 2. The molecule has 2 aromatic carbocycles. The molecule has 0 aliphatic carbocycles.